The summed E-state index contributed by atoms with van der Waals surface area (Å²) in [4.78, 5) is 24.1. The van der Waals surface area contributed by atoms with Crippen molar-refractivity contribution in [3.05, 3.63) is 30.1 Å². The average molecular weight is 357 g/mol. The highest BCUT2D eigenvalue weighted by Gasteiger charge is 2.33. The topological polar surface area (TPSA) is 95.6 Å². The molecule has 1 aromatic carbocycles. The number of amides is 4. The van der Waals surface area contributed by atoms with Crippen molar-refractivity contribution in [2.75, 3.05) is 11.6 Å². The van der Waals surface area contributed by atoms with Gasteiger partial charge in [-0.1, -0.05) is 19.3 Å². The zero-order valence-corrected chi connectivity index (χ0v) is 14.1. The first kappa shape index (κ1) is 18.2. The zero-order valence-electron chi connectivity index (χ0n) is 13.3. The van der Waals surface area contributed by atoms with Crippen LogP contribution in [0.15, 0.2) is 24.3 Å². The second-order valence-electron chi connectivity index (χ2n) is 5.74. The lowest BCUT2D eigenvalue weighted by Gasteiger charge is -2.32. The van der Waals surface area contributed by atoms with E-state index in [1.165, 1.54) is 12.1 Å². The first-order valence-corrected chi connectivity index (χ1v) is 9.49. The van der Waals surface area contributed by atoms with Crippen LogP contribution < -0.4 is 10.6 Å². The number of carbonyl (C=O) groups is 2. The monoisotopic (exact) mass is 357 g/mol. The normalized spacial score (nSPS) is 15.6. The van der Waals surface area contributed by atoms with Gasteiger partial charge in [0.25, 0.3) is 0 Å². The molecule has 2 rings (SSSR count). The summed E-state index contributed by atoms with van der Waals surface area (Å²) in [5, 5.41) is 4.36. The second-order valence-corrected chi connectivity index (χ2v) is 7.60. The van der Waals surface area contributed by atoms with Crippen LogP contribution in [0.2, 0.25) is 0 Å². The van der Waals surface area contributed by atoms with E-state index in [1.54, 1.807) is 0 Å². The fourth-order valence-corrected chi connectivity index (χ4v) is 3.85. The highest BCUT2D eigenvalue weighted by Crippen LogP contribution is 2.24. The number of anilines is 1. The first-order valence-electron chi connectivity index (χ1n) is 7.64. The predicted molar refractivity (Wildman–Crippen MR) is 87.5 cm³/mol. The molecule has 0 atom stereocenters. The van der Waals surface area contributed by atoms with E-state index in [1.807, 2.05) is 5.32 Å². The molecule has 0 aliphatic heterocycles. The number of nitrogens with zero attached hydrogens (tertiary/aromatic N) is 1. The second kappa shape index (κ2) is 7.61. The number of sulfonamides is 1. The molecule has 1 aromatic rings. The molecular weight excluding hydrogens is 337 g/mol. The molecule has 0 aromatic heterocycles. The fourth-order valence-electron chi connectivity index (χ4n) is 2.75. The van der Waals surface area contributed by atoms with Gasteiger partial charge in [0.15, 0.2) is 0 Å². The van der Waals surface area contributed by atoms with Gasteiger partial charge in [0.05, 0.1) is 6.26 Å². The minimum Gasteiger partial charge on any atom is -0.308 e. The van der Waals surface area contributed by atoms with Crippen molar-refractivity contribution >= 4 is 27.8 Å². The largest absolute Gasteiger partial charge is 0.339 e. The van der Waals surface area contributed by atoms with Crippen molar-refractivity contribution in [3.63, 3.8) is 0 Å². The number of halogens is 1. The molecule has 2 N–H and O–H groups in total. The number of hydrogen-bond donors (Lipinski definition) is 2. The van der Waals surface area contributed by atoms with Crippen LogP contribution in [0, 0.1) is 5.82 Å². The van der Waals surface area contributed by atoms with Crippen molar-refractivity contribution < 1.29 is 22.4 Å². The van der Waals surface area contributed by atoms with Gasteiger partial charge in [-0.15, -0.1) is 0 Å². The summed E-state index contributed by atoms with van der Waals surface area (Å²) in [6.45, 7) is 0. The Balaban J connectivity index is 2.03. The molecule has 24 heavy (non-hydrogen) atoms. The number of hydrogen-bond acceptors (Lipinski definition) is 4. The molecule has 0 saturated heterocycles. The third-order valence-corrected chi connectivity index (χ3v) is 4.96. The van der Waals surface area contributed by atoms with Gasteiger partial charge >= 0.3 is 12.1 Å². The molecule has 0 radical (unpaired) electrons. The molecule has 132 valence electrons. The molecule has 4 amide bonds. The zero-order chi connectivity index (χ0) is 17.7. The Kier molecular flexibility index (Phi) is 5.76. The van der Waals surface area contributed by atoms with Crippen molar-refractivity contribution in [2.45, 2.75) is 38.1 Å². The summed E-state index contributed by atoms with van der Waals surface area (Å²) in [6.07, 6.45) is 4.79. The van der Waals surface area contributed by atoms with Gasteiger partial charge in [-0.2, -0.15) is 0 Å². The van der Waals surface area contributed by atoms with Crippen LogP contribution in [-0.2, 0) is 10.0 Å². The fraction of sp³-hybridized carbons (Fsp3) is 0.467. The summed E-state index contributed by atoms with van der Waals surface area (Å²) >= 11 is 0. The van der Waals surface area contributed by atoms with E-state index in [0.717, 1.165) is 42.0 Å². The lowest BCUT2D eigenvalue weighted by atomic mass is 9.96. The van der Waals surface area contributed by atoms with Gasteiger partial charge in [0, 0.05) is 11.7 Å². The lowest BCUT2D eigenvalue weighted by molar-refractivity contribution is 0.199. The van der Waals surface area contributed by atoms with E-state index in [4.69, 9.17) is 0 Å². The lowest BCUT2D eigenvalue weighted by Crippen LogP contribution is -2.51. The maximum absolute atomic E-state index is 12.8. The molecule has 1 aliphatic carbocycles. The highest BCUT2D eigenvalue weighted by molar-refractivity contribution is 7.88. The summed E-state index contributed by atoms with van der Waals surface area (Å²) in [7, 11) is -3.80. The van der Waals surface area contributed by atoms with Crippen LogP contribution in [0.3, 0.4) is 0 Å². The van der Waals surface area contributed by atoms with E-state index < -0.39 is 33.9 Å². The predicted octanol–water partition coefficient (Wildman–Crippen LogP) is 2.66. The number of urea groups is 2. The summed E-state index contributed by atoms with van der Waals surface area (Å²) < 4.78 is 37.5. The van der Waals surface area contributed by atoms with Crippen LogP contribution in [-0.4, -0.2) is 37.1 Å². The highest BCUT2D eigenvalue weighted by atomic mass is 32.2. The van der Waals surface area contributed by atoms with Gasteiger partial charge in [0.2, 0.25) is 10.0 Å². The number of imide groups is 1. The van der Waals surface area contributed by atoms with Crippen molar-refractivity contribution in [1.29, 1.82) is 0 Å². The number of carbonyl (C=O) groups excluding carboxylic acids is 2. The SMILES string of the molecule is CS(=O)(=O)N(C(=O)NC(=O)Nc1ccc(F)cc1)C1CCCCC1. The van der Waals surface area contributed by atoms with Crippen LogP contribution in [0.25, 0.3) is 0 Å². The number of benzene rings is 1. The minimum atomic E-state index is -3.80. The average Bonchev–Trinajstić information content (AvgIpc) is 2.49. The van der Waals surface area contributed by atoms with Gasteiger partial charge in [-0.05, 0) is 37.1 Å². The Bertz CT molecular complexity index is 700. The van der Waals surface area contributed by atoms with Gasteiger partial charge < -0.3 is 5.32 Å². The Morgan fingerprint density at radius 1 is 1.12 bits per heavy atom. The van der Waals surface area contributed by atoms with Crippen molar-refractivity contribution in [3.8, 4) is 0 Å². The molecule has 0 heterocycles. The molecule has 1 aliphatic rings. The molecule has 1 fully saturated rings. The molecular formula is C15H20FN3O4S. The van der Waals surface area contributed by atoms with E-state index >= 15 is 0 Å². The Morgan fingerprint density at radius 3 is 2.25 bits per heavy atom. The molecule has 0 unspecified atom stereocenters. The molecule has 0 bridgehead atoms. The molecule has 9 heteroatoms. The van der Waals surface area contributed by atoms with E-state index in [-0.39, 0.29) is 5.69 Å². The minimum absolute atomic E-state index is 0.283. The first-order chi connectivity index (χ1) is 11.3. The Hall–Kier alpha value is -2.16. The molecule has 7 nitrogen and oxygen atoms in total. The van der Waals surface area contributed by atoms with Crippen molar-refractivity contribution in [2.24, 2.45) is 0 Å². The third-order valence-electron chi connectivity index (χ3n) is 3.79. The van der Waals surface area contributed by atoms with Crippen molar-refractivity contribution in [1.82, 2.24) is 9.62 Å². The smallest absolute Gasteiger partial charge is 0.308 e. The standard InChI is InChI=1S/C15H20FN3O4S/c1-24(22,23)19(13-5-3-2-4-6-13)15(21)18-14(20)17-12-9-7-11(16)8-10-12/h7-10,13H,2-6H2,1H3,(H2,17,18,20,21). The van der Waals surface area contributed by atoms with Crippen LogP contribution >= 0.6 is 0 Å². The summed E-state index contributed by atoms with van der Waals surface area (Å²) in [5.74, 6) is -0.461. The van der Waals surface area contributed by atoms with Gasteiger partial charge in [0.1, 0.15) is 5.82 Å². The number of rotatable bonds is 3. The quantitative estimate of drug-likeness (QED) is 0.869. The van der Waals surface area contributed by atoms with Gasteiger partial charge in [-0.3, -0.25) is 5.32 Å². The van der Waals surface area contributed by atoms with E-state index in [0.29, 0.717) is 12.8 Å². The van der Waals surface area contributed by atoms with E-state index in [2.05, 4.69) is 5.32 Å². The molecule has 1 saturated carbocycles. The number of nitrogens with one attached hydrogen (secondary N) is 2. The summed E-state index contributed by atoms with van der Waals surface area (Å²) in [5.41, 5.74) is 0.283. The van der Waals surface area contributed by atoms with Crippen LogP contribution in [0.5, 0.6) is 0 Å². The van der Waals surface area contributed by atoms with E-state index in [9.17, 15) is 22.4 Å². The Labute approximate surface area is 140 Å². The van der Waals surface area contributed by atoms with Crippen LogP contribution in [0.1, 0.15) is 32.1 Å². The van der Waals surface area contributed by atoms with Crippen LogP contribution in [0.4, 0.5) is 19.7 Å². The molecule has 0 spiro atoms. The maximum Gasteiger partial charge on any atom is 0.339 e. The maximum atomic E-state index is 12.8. The third kappa shape index (κ3) is 4.92. The Morgan fingerprint density at radius 2 is 1.71 bits per heavy atom. The summed E-state index contributed by atoms with van der Waals surface area (Å²) in [6, 6.07) is 2.67. The van der Waals surface area contributed by atoms with Gasteiger partial charge in [-0.25, -0.2) is 26.7 Å².